The van der Waals surface area contributed by atoms with Gasteiger partial charge in [-0.3, -0.25) is 5.04 Å². The molecule has 0 spiro atoms. The van der Waals surface area contributed by atoms with Gasteiger partial charge >= 0.3 is 0 Å². The Kier molecular flexibility index (Phi) is 5.07. The van der Waals surface area contributed by atoms with E-state index in [4.69, 9.17) is 0 Å². The van der Waals surface area contributed by atoms with Crippen LogP contribution >= 0.6 is 12.0 Å². The minimum absolute atomic E-state index is 0.0286. The quantitative estimate of drug-likeness (QED) is 0.351. The molecule has 0 rings (SSSR count). The summed E-state index contributed by atoms with van der Waals surface area (Å²) in [7, 11) is 0. The second-order valence-corrected chi connectivity index (χ2v) is 4.14. The second-order valence-electron chi connectivity index (χ2n) is 2.73. The highest BCUT2D eigenvalue weighted by Gasteiger charge is 2.18. The maximum Gasteiger partial charge on any atom is 0.0397 e. The minimum Gasteiger partial charge on any atom is -0.691 e. The summed E-state index contributed by atoms with van der Waals surface area (Å²) in [6.07, 6.45) is 2.07. The van der Waals surface area contributed by atoms with Crippen LogP contribution in [0.3, 0.4) is 0 Å². The molecule has 0 aliphatic rings. The highest BCUT2D eigenvalue weighted by Crippen LogP contribution is 2.29. The zero-order valence-corrected chi connectivity index (χ0v) is 7.36. The van der Waals surface area contributed by atoms with E-state index < -0.39 is 0 Å². The van der Waals surface area contributed by atoms with Gasteiger partial charge < -0.3 is 5.26 Å². The molecule has 0 saturated carbocycles. The first-order valence-corrected chi connectivity index (χ1v) is 4.01. The van der Waals surface area contributed by atoms with E-state index >= 15 is 0 Å². The third kappa shape index (κ3) is 5.05. The smallest absolute Gasteiger partial charge is 0.0397 e. The van der Waals surface area contributed by atoms with Crippen molar-refractivity contribution in [3.8, 4) is 0 Å². The van der Waals surface area contributed by atoms with Crippen molar-refractivity contribution in [2.45, 2.75) is 38.4 Å². The van der Waals surface area contributed by atoms with Gasteiger partial charge in [0.25, 0.3) is 0 Å². The predicted octanol–water partition coefficient (Wildman–Crippen LogP) is 1.44. The molecule has 0 amide bonds. The molecule has 0 atom stereocenters. The van der Waals surface area contributed by atoms with Crippen LogP contribution in [0.4, 0.5) is 0 Å². The van der Waals surface area contributed by atoms with Crippen molar-refractivity contribution < 1.29 is 14.6 Å². The van der Waals surface area contributed by atoms with Crippen molar-refractivity contribution in [2.75, 3.05) is 0 Å². The molecule has 0 radical (unpaired) electrons. The van der Waals surface area contributed by atoms with Crippen LogP contribution in [-0.2, 0) is 9.37 Å². The lowest BCUT2D eigenvalue weighted by atomic mass is 10.1. The fraction of sp³-hybridized carbons (Fsp3) is 1.00. The Bertz CT molecular complexity index is 85.1. The molecule has 0 unspecified atom stereocenters. The summed E-state index contributed by atoms with van der Waals surface area (Å²) >= 11 is 1.07. The van der Waals surface area contributed by atoms with E-state index in [1.54, 1.807) is 0 Å². The van der Waals surface area contributed by atoms with Gasteiger partial charge in [-0.2, -0.15) is 4.33 Å². The Hall–Kier alpha value is 0.230. The normalized spacial score (nSPS) is 12.0. The summed E-state index contributed by atoms with van der Waals surface area (Å²) in [5.41, 5.74) is 0. The van der Waals surface area contributed by atoms with E-state index in [-0.39, 0.29) is 4.75 Å². The third-order valence-electron chi connectivity index (χ3n) is 1.14. The van der Waals surface area contributed by atoms with Crippen LogP contribution in [-0.4, -0.2) is 4.75 Å². The van der Waals surface area contributed by atoms with Gasteiger partial charge in [-0.25, -0.2) is 0 Å². The first-order chi connectivity index (χ1) is 4.62. The third-order valence-corrected chi connectivity index (χ3v) is 1.92. The molecule has 10 heavy (non-hydrogen) atoms. The lowest BCUT2D eigenvalue weighted by Crippen LogP contribution is -2.16. The Balaban J connectivity index is 3.42. The summed E-state index contributed by atoms with van der Waals surface area (Å²) in [6, 6.07) is 0. The number of rotatable bonds is 5. The molecule has 0 aromatic heterocycles. The SMILES string of the molecule is CCCC(C)(C)SOO[O-]. The lowest BCUT2D eigenvalue weighted by Gasteiger charge is -2.21. The van der Waals surface area contributed by atoms with E-state index in [0.717, 1.165) is 24.9 Å². The fourth-order valence-corrected chi connectivity index (χ4v) is 1.25. The van der Waals surface area contributed by atoms with Gasteiger partial charge in [0.1, 0.15) is 0 Å². The van der Waals surface area contributed by atoms with Gasteiger partial charge in [-0.1, -0.05) is 13.3 Å². The van der Waals surface area contributed by atoms with Gasteiger partial charge in [-0.05, 0) is 20.3 Å². The van der Waals surface area contributed by atoms with E-state index in [1.165, 1.54) is 0 Å². The van der Waals surface area contributed by atoms with Crippen LogP contribution in [0.1, 0.15) is 33.6 Å². The van der Waals surface area contributed by atoms with Crippen molar-refractivity contribution in [3.05, 3.63) is 0 Å². The van der Waals surface area contributed by atoms with Gasteiger partial charge in [0.05, 0.1) is 0 Å². The molecule has 0 saturated heterocycles. The van der Waals surface area contributed by atoms with E-state index in [2.05, 4.69) is 16.3 Å². The van der Waals surface area contributed by atoms with Crippen molar-refractivity contribution in [2.24, 2.45) is 0 Å². The predicted molar refractivity (Wildman–Crippen MR) is 38.7 cm³/mol. The van der Waals surface area contributed by atoms with Gasteiger partial charge in [0, 0.05) is 16.8 Å². The van der Waals surface area contributed by atoms with E-state index in [0.29, 0.717) is 0 Å². The molecule has 0 fully saturated rings. The van der Waals surface area contributed by atoms with E-state index in [1.807, 2.05) is 13.8 Å². The molecule has 3 nitrogen and oxygen atoms in total. The first kappa shape index (κ1) is 10.2. The molecule has 0 aromatic carbocycles. The second kappa shape index (κ2) is 4.96. The molecule has 0 aromatic rings. The highest BCUT2D eigenvalue weighted by molar-refractivity contribution is 7.95. The van der Waals surface area contributed by atoms with Crippen molar-refractivity contribution in [1.82, 2.24) is 0 Å². The standard InChI is InChI=1S/C6H14O3S/c1-4-5-6(2,3)10-9-8-7/h7H,4-5H2,1-3H3/p-1. The van der Waals surface area contributed by atoms with Crippen LogP contribution in [0.2, 0.25) is 0 Å². The highest BCUT2D eigenvalue weighted by atomic mass is 32.2. The molecule has 0 aliphatic heterocycles. The summed E-state index contributed by atoms with van der Waals surface area (Å²) in [5, 5.41) is 12.7. The Morgan fingerprint density at radius 1 is 1.50 bits per heavy atom. The Morgan fingerprint density at radius 3 is 2.50 bits per heavy atom. The van der Waals surface area contributed by atoms with Crippen LogP contribution in [0.5, 0.6) is 0 Å². The largest absolute Gasteiger partial charge is 0.691 e. The summed E-state index contributed by atoms with van der Waals surface area (Å²) in [6.45, 7) is 6.08. The van der Waals surface area contributed by atoms with Crippen molar-refractivity contribution in [3.63, 3.8) is 0 Å². The molecule has 0 heterocycles. The summed E-state index contributed by atoms with van der Waals surface area (Å²) in [5.74, 6) is 0. The average Bonchev–Trinajstić information content (AvgIpc) is 1.84. The number of hydrogen-bond acceptors (Lipinski definition) is 4. The summed E-state index contributed by atoms with van der Waals surface area (Å²) in [4.78, 5) is 0. The molecular weight excluding hydrogens is 152 g/mol. The average molecular weight is 165 g/mol. The molecule has 0 N–H and O–H groups in total. The molecule has 4 heteroatoms. The topological polar surface area (TPSA) is 41.5 Å². The monoisotopic (exact) mass is 165 g/mol. The van der Waals surface area contributed by atoms with Crippen molar-refractivity contribution in [1.29, 1.82) is 0 Å². The Labute approximate surface area is 65.8 Å². The zero-order valence-electron chi connectivity index (χ0n) is 6.55. The molecule has 62 valence electrons. The maximum atomic E-state index is 9.44. The maximum absolute atomic E-state index is 9.44. The first-order valence-electron chi connectivity index (χ1n) is 3.26. The fourth-order valence-electron chi connectivity index (χ4n) is 0.750. The lowest BCUT2D eigenvalue weighted by molar-refractivity contribution is -0.777. The van der Waals surface area contributed by atoms with Crippen LogP contribution in [0.15, 0.2) is 0 Å². The zero-order chi connectivity index (χ0) is 8.04. The molecule has 0 bridgehead atoms. The van der Waals surface area contributed by atoms with Crippen LogP contribution in [0.25, 0.3) is 0 Å². The minimum atomic E-state index is -0.0286. The van der Waals surface area contributed by atoms with Crippen LogP contribution < -0.4 is 5.26 Å². The van der Waals surface area contributed by atoms with Gasteiger partial charge in [-0.15, -0.1) is 0 Å². The Morgan fingerprint density at radius 2 is 2.10 bits per heavy atom. The van der Waals surface area contributed by atoms with Crippen molar-refractivity contribution >= 4 is 12.0 Å². The van der Waals surface area contributed by atoms with Gasteiger partial charge in [0.15, 0.2) is 0 Å². The van der Waals surface area contributed by atoms with E-state index in [9.17, 15) is 5.26 Å². The molecular formula is C6H13O3S-. The molecule has 0 aliphatic carbocycles. The number of hydrogen-bond donors (Lipinski definition) is 0. The van der Waals surface area contributed by atoms with Crippen LogP contribution in [0, 0.1) is 0 Å². The summed E-state index contributed by atoms with van der Waals surface area (Å²) < 4.78 is 4.18. The van der Waals surface area contributed by atoms with Gasteiger partial charge in [0.2, 0.25) is 0 Å².